The maximum atomic E-state index is 12.1. The van der Waals surface area contributed by atoms with E-state index in [0.29, 0.717) is 18.2 Å². The summed E-state index contributed by atoms with van der Waals surface area (Å²) >= 11 is 0. The number of piperidine rings is 1. The van der Waals surface area contributed by atoms with Gasteiger partial charge in [0.15, 0.2) is 5.96 Å². The average molecular weight is 528 g/mol. The zero-order chi connectivity index (χ0) is 20.4. The summed E-state index contributed by atoms with van der Waals surface area (Å²) in [6.07, 6.45) is -0.894. The number of aliphatic imine (C=N–C) groups is 1. The molecule has 0 aliphatic carbocycles. The quantitative estimate of drug-likeness (QED) is 0.305. The molecule has 1 aromatic carbocycles. The molecule has 1 fully saturated rings. The first-order valence-electron chi connectivity index (χ1n) is 9.81. The largest absolute Gasteiger partial charge is 0.411 e. The van der Waals surface area contributed by atoms with Gasteiger partial charge in [-0.25, -0.2) is 0 Å². The van der Waals surface area contributed by atoms with Gasteiger partial charge in [0.25, 0.3) is 0 Å². The molecule has 0 amide bonds. The first-order valence-corrected chi connectivity index (χ1v) is 9.81. The minimum Gasteiger partial charge on any atom is -0.367 e. The van der Waals surface area contributed by atoms with Crippen molar-refractivity contribution < 1.29 is 17.9 Å². The minimum absolute atomic E-state index is 0. The van der Waals surface area contributed by atoms with Gasteiger partial charge in [-0.05, 0) is 36.9 Å². The standard InChI is InChI=1S/C20H31F3N4O.HI/c1-3-10-27-11-8-18(9-12-27)26-19(24-2)25-13-16-4-6-17(7-5-16)14-28-15-20(21,22)23;/h4-7,18H,3,8-15H2,1-2H3,(H2,24,25,26);1H. The molecule has 1 aliphatic heterocycles. The van der Waals surface area contributed by atoms with Crippen molar-refractivity contribution in [2.24, 2.45) is 4.99 Å². The third kappa shape index (κ3) is 10.5. The number of benzene rings is 1. The Labute approximate surface area is 188 Å². The molecule has 166 valence electrons. The Hall–Kier alpha value is -1.07. The van der Waals surface area contributed by atoms with Gasteiger partial charge in [0.1, 0.15) is 6.61 Å². The molecule has 0 bridgehead atoms. The van der Waals surface area contributed by atoms with E-state index in [-0.39, 0.29) is 30.6 Å². The molecule has 1 saturated heterocycles. The van der Waals surface area contributed by atoms with Crippen LogP contribution in [0, 0.1) is 0 Å². The normalized spacial score (nSPS) is 16.4. The molecule has 5 nitrogen and oxygen atoms in total. The number of guanidine groups is 1. The summed E-state index contributed by atoms with van der Waals surface area (Å²) in [4.78, 5) is 6.78. The number of hydrogen-bond acceptors (Lipinski definition) is 3. The van der Waals surface area contributed by atoms with Crippen LogP contribution >= 0.6 is 24.0 Å². The molecule has 0 atom stereocenters. The molecule has 0 radical (unpaired) electrons. The molecule has 29 heavy (non-hydrogen) atoms. The zero-order valence-electron chi connectivity index (χ0n) is 17.1. The second kappa shape index (κ2) is 13.3. The molecule has 2 N–H and O–H groups in total. The first kappa shape index (κ1) is 26.0. The van der Waals surface area contributed by atoms with E-state index in [2.05, 4.69) is 32.2 Å². The van der Waals surface area contributed by atoms with Gasteiger partial charge >= 0.3 is 6.18 Å². The van der Waals surface area contributed by atoms with Crippen LogP contribution in [0.4, 0.5) is 13.2 Å². The fourth-order valence-corrected chi connectivity index (χ4v) is 3.23. The van der Waals surface area contributed by atoms with Gasteiger partial charge in [0.2, 0.25) is 0 Å². The maximum absolute atomic E-state index is 12.1. The highest BCUT2D eigenvalue weighted by atomic mass is 127. The van der Waals surface area contributed by atoms with Gasteiger partial charge in [-0.15, -0.1) is 24.0 Å². The van der Waals surface area contributed by atoms with Crippen LogP contribution in [0.2, 0.25) is 0 Å². The summed E-state index contributed by atoms with van der Waals surface area (Å²) in [5.74, 6) is 0.770. The highest BCUT2D eigenvalue weighted by molar-refractivity contribution is 14.0. The second-order valence-corrected chi connectivity index (χ2v) is 7.11. The Morgan fingerprint density at radius 3 is 2.34 bits per heavy atom. The molecule has 1 aromatic rings. The molecule has 1 aliphatic rings. The molecule has 0 spiro atoms. The van der Waals surface area contributed by atoms with Gasteiger partial charge in [0, 0.05) is 32.7 Å². The summed E-state index contributed by atoms with van der Waals surface area (Å²) in [6.45, 7) is 4.91. The van der Waals surface area contributed by atoms with E-state index in [1.807, 2.05) is 12.1 Å². The van der Waals surface area contributed by atoms with Gasteiger partial charge in [-0.1, -0.05) is 31.2 Å². The number of rotatable bonds is 8. The van der Waals surface area contributed by atoms with Crippen LogP contribution in [0.3, 0.4) is 0 Å². The van der Waals surface area contributed by atoms with Crippen LogP contribution in [0.15, 0.2) is 29.3 Å². The van der Waals surface area contributed by atoms with Crippen molar-refractivity contribution >= 4 is 29.9 Å². The molecule has 0 unspecified atom stereocenters. The molecule has 2 rings (SSSR count). The molecule has 0 saturated carbocycles. The second-order valence-electron chi connectivity index (χ2n) is 7.11. The lowest BCUT2D eigenvalue weighted by molar-refractivity contribution is -0.176. The summed E-state index contributed by atoms with van der Waals surface area (Å²) in [5, 5.41) is 6.77. The Balaban J connectivity index is 0.00000420. The third-order valence-electron chi connectivity index (χ3n) is 4.71. The lowest BCUT2D eigenvalue weighted by atomic mass is 10.1. The minimum atomic E-state index is -4.29. The fourth-order valence-electron chi connectivity index (χ4n) is 3.23. The number of likely N-dealkylation sites (tertiary alicyclic amines) is 1. The highest BCUT2D eigenvalue weighted by Gasteiger charge is 2.27. The molecule has 0 aromatic heterocycles. The Morgan fingerprint density at radius 1 is 1.17 bits per heavy atom. The molecular weight excluding hydrogens is 496 g/mol. The van der Waals surface area contributed by atoms with Crippen LogP contribution < -0.4 is 10.6 Å². The van der Waals surface area contributed by atoms with Crippen molar-refractivity contribution in [2.75, 3.05) is 33.3 Å². The van der Waals surface area contributed by atoms with Crippen LogP contribution in [0.5, 0.6) is 0 Å². The van der Waals surface area contributed by atoms with Crippen molar-refractivity contribution in [3.63, 3.8) is 0 Å². The van der Waals surface area contributed by atoms with Crippen LogP contribution in [-0.2, 0) is 17.9 Å². The molecule has 1 heterocycles. The highest BCUT2D eigenvalue weighted by Crippen LogP contribution is 2.16. The number of nitrogens with one attached hydrogen (secondary N) is 2. The van der Waals surface area contributed by atoms with Crippen molar-refractivity contribution in [2.45, 2.75) is 51.6 Å². The number of halogens is 4. The number of ether oxygens (including phenoxy) is 1. The van der Waals surface area contributed by atoms with Gasteiger partial charge in [-0.2, -0.15) is 13.2 Å². The SMILES string of the molecule is CCCN1CCC(NC(=NC)NCc2ccc(COCC(F)(F)F)cc2)CC1.I. The first-order chi connectivity index (χ1) is 13.4. The lowest BCUT2D eigenvalue weighted by Gasteiger charge is -2.32. The number of nitrogens with zero attached hydrogens (tertiary/aromatic N) is 2. The van der Waals surface area contributed by atoms with E-state index in [1.165, 1.54) is 6.42 Å². The fraction of sp³-hybridized carbons (Fsp3) is 0.650. The van der Waals surface area contributed by atoms with Crippen LogP contribution in [0.25, 0.3) is 0 Å². The monoisotopic (exact) mass is 528 g/mol. The summed E-state index contributed by atoms with van der Waals surface area (Å²) < 4.78 is 41.0. The van der Waals surface area contributed by atoms with E-state index in [4.69, 9.17) is 0 Å². The van der Waals surface area contributed by atoms with Crippen molar-refractivity contribution in [1.29, 1.82) is 0 Å². The topological polar surface area (TPSA) is 48.9 Å². The predicted octanol–water partition coefficient (Wildman–Crippen LogP) is 3.92. The number of alkyl halides is 3. The van der Waals surface area contributed by atoms with Gasteiger partial charge < -0.3 is 20.3 Å². The number of hydrogen-bond donors (Lipinski definition) is 2. The summed E-state index contributed by atoms with van der Waals surface area (Å²) in [7, 11) is 1.75. The lowest BCUT2D eigenvalue weighted by Crippen LogP contribution is -2.48. The van der Waals surface area contributed by atoms with Gasteiger partial charge in [-0.3, -0.25) is 4.99 Å². The maximum Gasteiger partial charge on any atom is 0.411 e. The average Bonchev–Trinajstić information content (AvgIpc) is 2.67. The van der Waals surface area contributed by atoms with Crippen LogP contribution in [0.1, 0.15) is 37.3 Å². The van der Waals surface area contributed by atoms with Crippen molar-refractivity contribution in [3.05, 3.63) is 35.4 Å². The van der Waals surface area contributed by atoms with E-state index in [0.717, 1.165) is 44.0 Å². The van der Waals surface area contributed by atoms with Crippen molar-refractivity contribution in [3.8, 4) is 0 Å². The zero-order valence-corrected chi connectivity index (χ0v) is 19.4. The molecular formula is C20H32F3IN4O. The Bertz CT molecular complexity index is 603. The summed E-state index contributed by atoms with van der Waals surface area (Å²) in [5.41, 5.74) is 1.75. The van der Waals surface area contributed by atoms with Crippen LogP contribution in [-0.4, -0.2) is 56.4 Å². The van der Waals surface area contributed by atoms with E-state index < -0.39 is 12.8 Å². The van der Waals surface area contributed by atoms with E-state index >= 15 is 0 Å². The predicted molar refractivity (Wildman–Crippen MR) is 121 cm³/mol. The molecule has 9 heteroatoms. The Kier molecular flexibility index (Phi) is 11.9. The summed E-state index contributed by atoms with van der Waals surface area (Å²) in [6, 6.07) is 7.76. The van der Waals surface area contributed by atoms with Crippen molar-refractivity contribution in [1.82, 2.24) is 15.5 Å². The van der Waals surface area contributed by atoms with E-state index in [9.17, 15) is 13.2 Å². The smallest absolute Gasteiger partial charge is 0.367 e. The van der Waals surface area contributed by atoms with Gasteiger partial charge in [0.05, 0.1) is 6.61 Å². The third-order valence-corrected chi connectivity index (χ3v) is 4.71. The Morgan fingerprint density at radius 2 is 1.79 bits per heavy atom. The van der Waals surface area contributed by atoms with E-state index in [1.54, 1.807) is 19.2 Å².